The minimum atomic E-state index is -0.513. The quantitative estimate of drug-likeness (QED) is 0.584. The van der Waals surface area contributed by atoms with Gasteiger partial charge in [0.15, 0.2) is 6.61 Å². The first kappa shape index (κ1) is 19.6. The topological polar surface area (TPSA) is 94.3 Å². The Morgan fingerprint density at radius 2 is 1.82 bits per heavy atom. The summed E-state index contributed by atoms with van der Waals surface area (Å²) in [6.07, 6.45) is 0.284. The van der Waals surface area contributed by atoms with Crippen LogP contribution in [0, 0.1) is 0 Å². The molecule has 0 aliphatic carbocycles. The van der Waals surface area contributed by atoms with Gasteiger partial charge in [-0.1, -0.05) is 59.2 Å². The summed E-state index contributed by atoms with van der Waals surface area (Å²) in [7, 11) is 0. The van der Waals surface area contributed by atoms with Gasteiger partial charge in [-0.3, -0.25) is 9.59 Å². The van der Waals surface area contributed by atoms with Gasteiger partial charge in [0.25, 0.3) is 5.91 Å². The Morgan fingerprint density at radius 3 is 2.57 bits per heavy atom. The second-order valence-electron chi connectivity index (χ2n) is 5.94. The minimum Gasteiger partial charge on any atom is -0.456 e. The molecule has 3 rings (SSSR count). The first-order chi connectivity index (χ1) is 13.6. The van der Waals surface area contributed by atoms with Crippen LogP contribution < -0.4 is 5.32 Å². The van der Waals surface area contributed by atoms with E-state index in [1.807, 2.05) is 42.5 Å². The Labute approximate surface area is 166 Å². The molecule has 1 heterocycles. The van der Waals surface area contributed by atoms with E-state index in [1.165, 1.54) is 0 Å². The molecule has 3 aromatic rings. The van der Waals surface area contributed by atoms with Crippen LogP contribution >= 0.6 is 11.6 Å². The molecule has 144 valence electrons. The Balaban J connectivity index is 1.37. The van der Waals surface area contributed by atoms with Crippen LogP contribution in [0.1, 0.15) is 17.9 Å². The average molecular weight is 400 g/mol. The van der Waals surface area contributed by atoms with Gasteiger partial charge in [0.05, 0.1) is 6.42 Å². The monoisotopic (exact) mass is 399 g/mol. The molecule has 0 unspecified atom stereocenters. The number of carbonyl (C=O) groups excluding carboxylic acids is 2. The number of nitrogens with one attached hydrogen (secondary N) is 1. The number of nitrogens with zero attached hydrogens (tertiary/aromatic N) is 2. The van der Waals surface area contributed by atoms with Crippen LogP contribution in [0.25, 0.3) is 11.4 Å². The highest BCUT2D eigenvalue weighted by Crippen LogP contribution is 2.15. The van der Waals surface area contributed by atoms with Crippen LogP contribution in [0.15, 0.2) is 59.1 Å². The highest BCUT2D eigenvalue weighted by Gasteiger charge is 2.12. The van der Waals surface area contributed by atoms with Crippen molar-refractivity contribution in [2.75, 3.05) is 6.61 Å². The van der Waals surface area contributed by atoms with E-state index in [2.05, 4.69) is 15.5 Å². The van der Waals surface area contributed by atoms with Gasteiger partial charge in [-0.2, -0.15) is 4.98 Å². The summed E-state index contributed by atoms with van der Waals surface area (Å²) < 4.78 is 10.1. The summed E-state index contributed by atoms with van der Waals surface area (Å²) >= 11 is 5.81. The van der Waals surface area contributed by atoms with Crippen molar-refractivity contribution in [3.8, 4) is 11.4 Å². The predicted molar refractivity (Wildman–Crippen MR) is 102 cm³/mol. The lowest BCUT2D eigenvalue weighted by Gasteiger charge is -2.06. The van der Waals surface area contributed by atoms with Gasteiger partial charge in [-0.15, -0.1) is 0 Å². The number of hydrogen-bond donors (Lipinski definition) is 1. The van der Waals surface area contributed by atoms with Crippen LogP contribution in [-0.2, 0) is 27.3 Å². The Kier molecular flexibility index (Phi) is 6.75. The maximum Gasteiger partial charge on any atom is 0.306 e. The van der Waals surface area contributed by atoms with Crippen LogP contribution in [0.3, 0.4) is 0 Å². The molecule has 0 fully saturated rings. The third-order valence-corrected chi connectivity index (χ3v) is 4.06. The Morgan fingerprint density at radius 1 is 1.07 bits per heavy atom. The molecule has 2 aromatic carbocycles. The molecule has 0 aliphatic rings. The van der Waals surface area contributed by atoms with E-state index in [-0.39, 0.29) is 25.4 Å². The van der Waals surface area contributed by atoms with Crippen molar-refractivity contribution in [3.63, 3.8) is 0 Å². The molecular formula is C20H18ClN3O4. The zero-order valence-electron chi connectivity index (χ0n) is 14.9. The van der Waals surface area contributed by atoms with Crippen molar-refractivity contribution >= 4 is 23.5 Å². The highest BCUT2D eigenvalue weighted by atomic mass is 35.5. The number of aromatic nitrogens is 2. The standard InChI is InChI=1S/C20H18ClN3O4/c21-16-8-6-14(7-9-16)12-22-17(25)13-27-19(26)11-10-18-23-20(24-28-18)15-4-2-1-3-5-15/h1-9H,10-13H2,(H,22,25). The van der Waals surface area contributed by atoms with Crippen molar-refractivity contribution in [2.45, 2.75) is 19.4 Å². The smallest absolute Gasteiger partial charge is 0.306 e. The Bertz CT molecular complexity index is 926. The van der Waals surface area contributed by atoms with E-state index < -0.39 is 5.97 Å². The number of amides is 1. The van der Waals surface area contributed by atoms with Crippen molar-refractivity contribution in [3.05, 3.63) is 71.1 Å². The number of aryl methyl sites for hydroxylation is 1. The molecule has 0 radical (unpaired) electrons. The molecular weight excluding hydrogens is 382 g/mol. The molecule has 1 N–H and O–H groups in total. The van der Waals surface area contributed by atoms with E-state index >= 15 is 0 Å². The van der Waals surface area contributed by atoms with E-state index in [4.69, 9.17) is 20.9 Å². The van der Waals surface area contributed by atoms with Gasteiger partial charge in [0, 0.05) is 23.6 Å². The molecule has 7 nitrogen and oxygen atoms in total. The number of hydrogen-bond acceptors (Lipinski definition) is 6. The fourth-order valence-corrected chi connectivity index (χ4v) is 2.47. The van der Waals surface area contributed by atoms with E-state index in [9.17, 15) is 9.59 Å². The lowest BCUT2D eigenvalue weighted by atomic mass is 10.2. The van der Waals surface area contributed by atoms with Gasteiger partial charge in [0.1, 0.15) is 0 Å². The molecule has 0 bridgehead atoms. The van der Waals surface area contributed by atoms with Crippen molar-refractivity contribution in [1.82, 2.24) is 15.5 Å². The Hall–Kier alpha value is -3.19. The number of halogens is 1. The second-order valence-corrected chi connectivity index (χ2v) is 6.38. The molecule has 1 aromatic heterocycles. The first-order valence-corrected chi connectivity index (χ1v) is 9.03. The lowest BCUT2D eigenvalue weighted by molar-refractivity contribution is -0.148. The van der Waals surface area contributed by atoms with Gasteiger partial charge in [-0.25, -0.2) is 0 Å². The van der Waals surface area contributed by atoms with E-state index in [0.717, 1.165) is 11.1 Å². The zero-order chi connectivity index (χ0) is 19.8. The van der Waals surface area contributed by atoms with Gasteiger partial charge < -0.3 is 14.6 Å². The van der Waals surface area contributed by atoms with Crippen LogP contribution in [0.4, 0.5) is 0 Å². The van der Waals surface area contributed by atoms with Crippen molar-refractivity contribution in [2.24, 2.45) is 0 Å². The normalized spacial score (nSPS) is 10.5. The maximum atomic E-state index is 11.8. The van der Waals surface area contributed by atoms with E-state index in [1.54, 1.807) is 12.1 Å². The molecule has 1 amide bonds. The average Bonchev–Trinajstić information content (AvgIpc) is 3.20. The van der Waals surface area contributed by atoms with Gasteiger partial charge >= 0.3 is 5.97 Å². The lowest BCUT2D eigenvalue weighted by Crippen LogP contribution is -2.28. The van der Waals surface area contributed by atoms with Crippen molar-refractivity contribution < 1.29 is 18.8 Å². The maximum absolute atomic E-state index is 11.8. The molecule has 8 heteroatoms. The summed E-state index contributed by atoms with van der Waals surface area (Å²) in [4.78, 5) is 27.8. The van der Waals surface area contributed by atoms with Gasteiger partial charge in [0.2, 0.25) is 11.7 Å². The second kappa shape index (κ2) is 9.66. The first-order valence-electron chi connectivity index (χ1n) is 8.65. The van der Waals surface area contributed by atoms with Crippen LogP contribution in [0.5, 0.6) is 0 Å². The molecule has 0 spiro atoms. The summed E-state index contributed by atoms with van der Waals surface area (Å²) in [6.45, 7) is -0.0106. The zero-order valence-corrected chi connectivity index (χ0v) is 15.7. The highest BCUT2D eigenvalue weighted by molar-refractivity contribution is 6.30. The number of esters is 1. The fourth-order valence-electron chi connectivity index (χ4n) is 2.34. The third-order valence-electron chi connectivity index (χ3n) is 3.81. The number of ether oxygens (including phenoxy) is 1. The molecule has 0 saturated heterocycles. The summed E-state index contributed by atoms with van der Waals surface area (Å²) in [6, 6.07) is 16.5. The molecule has 0 aliphatic heterocycles. The fraction of sp³-hybridized carbons (Fsp3) is 0.200. The minimum absolute atomic E-state index is 0.0425. The summed E-state index contributed by atoms with van der Waals surface area (Å²) in [5.74, 6) is -0.0953. The van der Waals surface area contributed by atoms with Crippen LogP contribution in [-0.4, -0.2) is 28.6 Å². The van der Waals surface area contributed by atoms with Gasteiger partial charge in [-0.05, 0) is 17.7 Å². The van der Waals surface area contributed by atoms with E-state index in [0.29, 0.717) is 23.3 Å². The molecule has 0 saturated carbocycles. The SMILES string of the molecule is O=C(COC(=O)CCc1nc(-c2ccccc2)no1)NCc1ccc(Cl)cc1. The summed E-state index contributed by atoms with van der Waals surface area (Å²) in [5, 5.41) is 7.18. The van der Waals surface area contributed by atoms with Crippen molar-refractivity contribution in [1.29, 1.82) is 0 Å². The number of rotatable bonds is 8. The number of carbonyl (C=O) groups is 2. The number of benzene rings is 2. The van der Waals surface area contributed by atoms with Crippen LogP contribution in [0.2, 0.25) is 5.02 Å². The predicted octanol–water partition coefficient (Wildman–Crippen LogP) is 3.18. The largest absolute Gasteiger partial charge is 0.456 e. The third kappa shape index (κ3) is 5.92. The summed E-state index contributed by atoms with van der Waals surface area (Å²) in [5.41, 5.74) is 1.73. The molecule has 28 heavy (non-hydrogen) atoms. The molecule has 0 atom stereocenters.